The summed E-state index contributed by atoms with van der Waals surface area (Å²) in [5, 5.41) is 6.18. The van der Waals surface area contributed by atoms with Crippen molar-refractivity contribution in [1.29, 1.82) is 0 Å². The third-order valence-corrected chi connectivity index (χ3v) is 4.18. The Morgan fingerprint density at radius 2 is 2.15 bits per heavy atom. The molecular weight excluding hydrogens is 338 g/mol. The largest absolute Gasteiger partial charge is 0.444 e. The fourth-order valence-electron chi connectivity index (χ4n) is 1.86. The maximum atomic E-state index is 11.6. The minimum absolute atomic E-state index is 0.363. The normalized spacial score (nSPS) is 11.6. The fraction of sp³-hybridized carbons (Fsp3) is 0.400. The van der Waals surface area contributed by atoms with E-state index in [2.05, 4.69) is 38.8 Å². The van der Waals surface area contributed by atoms with E-state index in [0.717, 1.165) is 10.9 Å². The number of rotatable bonds is 3. The fourth-order valence-corrected chi connectivity index (χ4v) is 3.20. The van der Waals surface area contributed by atoms with Gasteiger partial charge < -0.3 is 10.1 Å². The van der Waals surface area contributed by atoms with Crippen LogP contribution in [0.25, 0.3) is 10.1 Å². The van der Waals surface area contributed by atoms with Crippen molar-refractivity contribution in [3.05, 3.63) is 33.6 Å². The number of carbonyl (C=O) groups excluding carboxylic acids is 1. The predicted molar refractivity (Wildman–Crippen MR) is 87.5 cm³/mol. The zero-order chi connectivity index (χ0) is 14.8. The van der Waals surface area contributed by atoms with Gasteiger partial charge in [-0.05, 0) is 61.7 Å². The molecule has 0 radical (unpaired) electrons. The van der Waals surface area contributed by atoms with Gasteiger partial charge in [-0.3, -0.25) is 0 Å². The van der Waals surface area contributed by atoms with Crippen molar-refractivity contribution < 1.29 is 9.53 Å². The van der Waals surface area contributed by atoms with Crippen LogP contribution in [0.2, 0.25) is 0 Å². The van der Waals surface area contributed by atoms with Gasteiger partial charge in [-0.2, -0.15) is 0 Å². The molecule has 0 saturated carbocycles. The molecule has 0 saturated heterocycles. The number of fused-ring (bicyclic) bond motifs is 1. The zero-order valence-corrected chi connectivity index (χ0v) is 14.2. The van der Waals surface area contributed by atoms with Crippen molar-refractivity contribution in [2.24, 2.45) is 0 Å². The van der Waals surface area contributed by atoms with Crippen LogP contribution >= 0.6 is 27.3 Å². The quantitative estimate of drug-likeness (QED) is 0.863. The standard InChI is InChI=1S/C15H18BrNO2S/c1-15(2,3)19-14(18)17-7-6-10-9-20-13-5-4-11(16)8-12(10)13/h4-5,8-9H,6-7H2,1-3H3,(H,17,18). The maximum Gasteiger partial charge on any atom is 0.407 e. The molecule has 2 rings (SSSR count). The van der Waals surface area contributed by atoms with E-state index in [1.807, 2.05) is 26.8 Å². The molecule has 0 aliphatic heterocycles. The van der Waals surface area contributed by atoms with Gasteiger partial charge in [-0.1, -0.05) is 15.9 Å². The lowest BCUT2D eigenvalue weighted by Crippen LogP contribution is -2.33. The topological polar surface area (TPSA) is 38.3 Å². The molecule has 0 aliphatic rings. The van der Waals surface area contributed by atoms with E-state index in [4.69, 9.17) is 4.74 Å². The summed E-state index contributed by atoms with van der Waals surface area (Å²) in [5.74, 6) is 0. The number of carbonyl (C=O) groups is 1. The van der Waals surface area contributed by atoms with Gasteiger partial charge in [0.1, 0.15) is 5.60 Å². The van der Waals surface area contributed by atoms with Crippen LogP contribution in [0.4, 0.5) is 4.79 Å². The third-order valence-electron chi connectivity index (χ3n) is 2.68. The van der Waals surface area contributed by atoms with Gasteiger partial charge in [0.15, 0.2) is 0 Å². The molecule has 0 fully saturated rings. The second-order valence-electron chi connectivity index (χ2n) is 5.58. The van der Waals surface area contributed by atoms with E-state index >= 15 is 0 Å². The molecule has 1 N–H and O–H groups in total. The summed E-state index contributed by atoms with van der Waals surface area (Å²) >= 11 is 5.22. The minimum Gasteiger partial charge on any atom is -0.444 e. The van der Waals surface area contributed by atoms with Crippen molar-refractivity contribution in [2.45, 2.75) is 32.8 Å². The second-order valence-corrected chi connectivity index (χ2v) is 7.41. The van der Waals surface area contributed by atoms with Crippen LogP contribution < -0.4 is 5.32 Å². The molecule has 2 aromatic rings. The molecule has 1 heterocycles. The summed E-state index contributed by atoms with van der Waals surface area (Å²) < 4.78 is 7.55. The summed E-state index contributed by atoms with van der Waals surface area (Å²) in [5.41, 5.74) is 0.798. The highest BCUT2D eigenvalue weighted by molar-refractivity contribution is 9.10. The van der Waals surface area contributed by atoms with E-state index < -0.39 is 5.60 Å². The molecule has 5 heteroatoms. The number of thiophene rings is 1. The van der Waals surface area contributed by atoms with Crippen molar-refractivity contribution in [2.75, 3.05) is 6.54 Å². The van der Waals surface area contributed by atoms with Gasteiger partial charge in [0.25, 0.3) is 0 Å². The number of alkyl carbamates (subject to hydrolysis) is 1. The molecule has 1 aromatic heterocycles. The molecule has 0 bridgehead atoms. The molecule has 0 atom stereocenters. The smallest absolute Gasteiger partial charge is 0.407 e. The van der Waals surface area contributed by atoms with Gasteiger partial charge in [-0.25, -0.2) is 4.79 Å². The molecule has 1 aromatic carbocycles. The lowest BCUT2D eigenvalue weighted by molar-refractivity contribution is 0.0528. The Morgan fingerprint density at radius 3 is 2.85 bits per heavy atom. The van der Waals surface area contributed by atoms with Crippen LogP contribution in [0.3, 0.4) is 0 Å². The number of amides is 1. The molecule has 20 heavy (non-hydrogen) atoms. The number of nitrogens with one attached hydrogen (secondary N) is 1. The first-order chi connectivity index (χ1) is 9.35. The first-order valence-corrected chi connectivity index (χ1v) is 8.15. The average molecular weight is 356 g/mol. The van der Waals surface area contributed by atoms with Crippen molar-refractivity contribution in [3.8, 4) is 0 Å². The zero-order valence-electron chi connectivity index (χ0n) is 11.8. The summed E-state index contributed by atoms with van der Waals surface area (Å²) in [6.45, 7) is 6.15. The molecule has 108 valence electrons. The monoisotopic (exact) mass is 355 g/mol. The van der Waals surface area contributed by atoms with E-state index in [-0.39, 0.29) is 6.09 Å². The molecular formula is C15H18BrNO2S. The Kier molecular flexibility index (Phi) is 4.70. The maximum absolute atomic E-state index is 11.6. The van der Waals surface area contributed by atoms with Crippen molar-refractivity contribution in [1.82, 2.24) is 5.32 Å². The Morgan fingerprint density at radius 1 is 1.40 bits per heavy atom. The Bertz CT molecular complexity index is 616. The van der Waals surface area contributed by atoms with Crippen LogP contribution in [-0.2, 0) is 11.2 Å². The lowest BCUT2D eigenvalue weighted by Gasteiger charge is -2.19. The summed E-state index contributed by atoms with van der Waals surface area (Å²) in [4.78, 5) is 11.6. The molecule has 1 amide bonds. The Balaban J connectivity index is 1.93. The predicted octanol–water partition coefficient (Wildman–Crippen LogP) is 4.73. The van der Waals surface area contributed by atoms with Gasteiger partial charge in [0.2, 0.25) is 0 Å². The van der Waals surface area contributed by atoms with E-state index in [1.165, 1.54) is 15.6 Å². The summed E-state index contributed by atoms with van der Waals surface area (Å²) in [6, 6.07) is 6.27. The SMILES string of the molecule is CC(C)(C)OC(=O)NCCc1csc2ccc(Br)cc12. The minimum atomic E-state index is -0.454. The van der Waals surface area contributed by atoms with Crippen LogP contribution in [0.1, 0.15) is 26.3 Å². The highest BCUT2D eigenvalue weighted by Crippen LogP contribution is 2.28. The van der Waals surface area contributed by atoms with E-state index in [0.29, 0.717) is 6.54 Å². The Hall–Kier alpha value is -1.07. The third kappa shape index (κ3) is 4.21. The van der Waals surface area contributed by atoms with Gasteiger partial charge in [-0.15, -0.1) is 11.3 Å². The van der Waals surface area contributed by atoms with Crippen LogP contribution in [-0.4, -0.2) is 18.2 Å². The number of hydrogen-bond donors (Lipinski definition) is 1. The Labute approximate surface area is 131 Å². The number of halogens is 1. The first-order valence-electron chi connectivity index (χ1n) is 6.47. The number of hydrogen-bond acceptors (Lipinski definition) is 3. The first kappa shape index (κ1) is 15.3. The van der Waals surface area contributed by atoms with Gasteiger partial charge in [0, 0.05) is 15.7 Å². The molecule has 3 nitrogen and oxygen atoms in total. The molecule has 0 aliphatic carbocycles. The summed E-state index contributed by atoms with van der Waals surface area (Å²) in [7, 11) is 0. The van der Waals surface area contributed by atoms with Gasteiger partial charge >= 0.3 is 6.09 Å². The summed E-state index contributed by atoms with van der Waals surface area (Å²) in [6.07, 6.45) is 0.439. The number of benzene rings is 1. The van der Waals surface area contributed by atoms with Crippen LogP contribution in [0.5, 0.6) is 0 Å². The van der Waals surface area contributed by atoms with E-state index in [1.54, 1.807) is 11.3 Å². The number of ether oxygens (including phenoxy) is 1. The average Bonchev–Trinajstić information content (AvgIpc) is 2.69. The van der Waals surface area contributed by atoms with Crippen molar-refractivity contribution >= 4 is 43.4 Å². The van der Waals surface area contributed by atoms with Crippen LogP contribution in [0, 0.1) is 0 Å². The highest BCUT2D eigenvalue weighted by atomic mass is 79.9. The van der Waals surface area contributed by atoms with E-state index in [9.17, 15) is 4.79 Å². The highest BCUT2D eigenvalue weighted by Gasteiger charge is 2.15. The van der Waals surface area contributed by atoms with Crippen molar-refractivity contribution in [3.63, 3.8) is 0 Å². The lowest BCUT2D eigenvalue weighted by atomic mass is 10.1. The van der Waals surface area contributed by atoms with Gasteiger partial charge in [0.05, 0.1) is 0 Å². The molecule has 0 unspecified atom stereocenters. The molecule has 0 spiro atoms. The van der Waals surface area contributed by atoms with Crippen LogP contribution in [0.15, 0.2) is 28.1 Å². The second kappa shape index (κ2) is 6.14.